The van der Waals surface area contributed by atoms with Crippen LogP contribution in [0.2, 0.25) is 0 Å². The summed E-state index contributed by atoms with van der Waals surface area (Å²) in [6, 6.07) is 22.8. The van der Waals surface area contributed by atoms with Crippen LogP contribution in [0.1, 0.15) is 45.1 Å². The van der Waals surface area contributed by atoms with Gasteiger partial charge in [-0.3, -0.25) is 19.2 Å². The van der Waals surface area contributed by atoms with Gasteiger partial charge in [0.1, 0.15) is 23.9 Å². The second kappa shape index (κ2) is 16.1. The Morgan fingerprint density at radius 3 is 2.13 bits per heavy atom. The number of pyridine rings is 1. The summed E-state index contributed by atoms with van der Waals surface area (Å²) in [5.74, 6) is -0.654. The smallest absolute Gasteiger partial charge is 0.407 e. The third-order valence-corrected chi connectivity index (χ3v) is 9.76. The average molecular weight is 705 g/mol. The minimum atomic E-state index is -0.800. The van der Waals surface area contributed by atoms with Gasteiger partial charge in [0.15, 0.2) is 0 Å². The van der Waals surface area contributed by atoms with Crippen molar-refractivity contribution in [1.82, 2.24) is 20.1 Å². The van der Waals surface area contributed by atoms with Crippen molar-refractivity contribution in [3.63, 3.8) is 0 Å². The van der Waals surface area contributed by atoms with Gasteiger partial charge in [-0.25, -0.2) is 9.78 Å². The van der Waals surface area contributed by atoms with Crippen molar-refractivity contribution in [2.24, 2.45) is 5.92 Å². The highest BCUT2D eigenvalue weighted by molar-refractivity contribution is 6.01. The molecule has 3 unspecified atom stereocenters. The van der Waals surface area contributed by atoms with E-state index >= 15 is 0 Å². The number of anilines is 2. The lowest BCUT2D eigenvalue weighted by Crippen LogP contribution is -2.54. The van der Waals surface area contributed by atoms with Gasteiger partial charge in [-0.1, -0.05) is 62.4 Å². The number of likely N-dealkylation sites (tertiary alicyclic amines) is 2. The third-order valence-electron chi connectivity index (χ3n) is 9.76. The van der Waals surface area contributed by atoms with Crippen LogP contribution in [0.5, 0.6) is 0 Å². The summed E-state index contributed by atoms with van der Waals surface area (Å²) in [5, 5.41) is 10.3. The van der Waals surface area contributed by atoms with E-state index < -0.39 is 24.2 Å². The maximum Gasteiger partial charge on any atom is 0.407 e. The first-order valence-electron chi connectivity index (χ1n) is 17.7. The van der Waals surface area contributed by atoms with Crippen LogP contribution in [-0.2, 0) is 30.3 Å². The highest BCUT2D eigenvalue weighted by Gasteiger charge is 2.39. The summed E-state index contributed by atoms with van der Waals surface area (Å²) in [6.07, 6.45) is 3.88. The van der Waals surface area contributed by atoms with Crippen LogP contribution in [0.3, 0.4) is 0 Å². The van der Waals surface area contributed by atoms with E-state index in [-0.39, 0.29) is 36.0 Å². The molecule has 1 aromatic heterocycles. The molecule has 2 fully saturated rings. The maximum absolute atomic E-state index is 13.4. The van der Waals surface area contributed by atoms with Gasteiger partial charge >= 0.3 is 6.09 Å². The summed E-state index contributed by atoms with van der Waals surface area (Å²) in [6.45, 7) is 4.65. The predicted molar refractivity (Wildman–Crippen MR) is 198 cm³/mol. The number of carbonyl (C=O) groups excluding carboxylic acids is 5. The molecule has 52 heavy (non-hydrogen) atoms. The van der Waals surface area contributed by atoms with Crippen LogP contribution >= 0.6 is 0 Å². The van der Waals surface area contributed by atoms with Crippen molar-refractivity contribution >= 4 is 52.0 Å². The van der Waals surface area contributed by atoms with Crippen molar-refractivity contribution in [3.05, 3.63) is 90.6 Å². The molecule has 0 radical (unpaired) electrons. The molecule has 12 heteroatoms. The van der Waals surface area contributed by atoms with Gasteiger partial charge in [0.05, 0.1) is 13.5 Å². The zero-order chi connectivity index (χ0) is 36.8. The standard InChI is InChI=1S/C40H44N6O6/c1-25(2)36(44-40(51)52-3)39(50)46-20-8-12-33(46)37(48)42-31-17-15-27-22-28(13-14-29(27)23-31)30-16-18-34(41-24-30)43-38(49)32-11-7-19-45(32)35(47)21-26-9-5-4-6-10-26/h4-6,9-10,13-18,22-25,32-33,36H,7-8,11-12,19-21H2,1-3H3,(H,42,48)(H,44,51)(H,41,43,49). The van der Waals surface area contributed by atoms with E-state index in [0.29, 0.717) is 43.9 Å². The lowest BCUT2D eigenvalue weighted by atomic mass is 10.0. The number of amides is 5. The number of methoxy groups -OCH3 is 1. The lowest BCUT2D eigenvalue weighted by Gasteiger charge is -2.30. The first kappa shape index (κ1) is 36.0. The zero-order valence-corrected chi connectivity index (χ0v) is 29.6. The Balaban J connectivity index is 1.07. The minimum absolute atomic E-state index is 0.0588. The highest BCUT2D eigenvalue weighted by Crippen LogP contribution is 2.28. The second-order valence-corrected chi connectivity index (χ2v) is 13.6. The van der Waals surface area contributed by atoms with Crippen molar-refractivity contribution in [2.75, 3.05) is 30.8 Å². The quantitative estimate of drug-likeness (QED) is 0.201. The van der Waals surface area contributed by atoms with Crippen LogP contribution in [0.4, 0.5) is 16.3 Å². The number of fused-ring (bicyclic) bond motifs is 1. The van der Waals surface area contributed by atoms with Gasteiger partial charge < -0.3 is 30.5 Å². The molecule has 3 atom stereocenters. The molecular formula is C40H44N6O6. The number of alkyl carbamates (subject to hydrolysis) is 1. The topological polar surface area (TPSA) is 150 Å². The Labute approximate surface area is 302 Å². The molecule has 5 amide bonds. The van der Waals surface area contributed by atoms with E-state index in [2.05, 4.69) is 20.9 Å². The molecule has 6 rings (SSSR count). The first-order valence-corrected chi connectivity index (χ1v) is 17.7. The molecule has 0 aliphatic carbocycles. The molecule has 3 heterocycles. The van der Waals surface area contributed by atoms with Gasteiger partial charge in [0.2, 0.25) is 23.6 Å². The molecule has 2 aliphatic heterocycles. The summed E-state index contributed by atoms with van der Waals surface area (Å²) < 4.78 is 4.69. The Kier molecular flexibility index (Phi) is 11.1. The number of nitrogens with one attached hydrogen (secondary N) is 3. The SMILES string of the molecule is COC(=O)NC(C(=O)N1CCCC1C(=O)Nc1ccc2cc(-c3ccc(NC(=O)C4CCCN4C(=O)Cc4ccccc4)nc3)ccc2c1)C(C)C. The summed E-state index contributed by atoms with van der Waals surface area (Å²) >= 11 is 0. The number of hydrogen-bond acceptors (Lipinski definition) is 7. The minimum Gasteiger partial charge on any atom is -0.453 e. The Hall–Kier alpha value is -5.78. The number of hydrogen-bond donors (Lipinski definition) is 3. The van der Waals surface area contributed by atoms with Crippen molar-refractivity contribution < 1.29 is 28.7 Å². The molecular weight excluding hydrogens is 660 g/mol. The Bertz CT molecular complexity index is 1950. The Morgan fingerprint density at radius 2 is 1.44 bits per heavy atom. The highest BCUT2D eigenvalue weighted by atomic mass is 16.5. The van der Waals surface area contributed by atoms with E-state index in [1.807, 2.05) is 86.6 Å². The molecule has 12 nitrogen and oxygen atoms in total. The summed E-state index contributed by atoms with van der Waals surface area (Å²) in [4.78, 5) is 72.5. The second-order valence-electron chi connectivity index (χ2n) is 13.6. The normalized spacial score (nSPS) is 17.5. The fraction of sp³-hybridized carbons (Fsp3) is 0.350. The van der Waals surface area contributed by atoms with Crippen LogP contribution in [-0.4, -0.2) is 82.8 Å². The first-order chi connectivity index (χ1) is 25.1. The fourth-order valence-corrected chi connectivity index (χ4v) is 6.97. The van der Waals surface area contributed by atoms with Gasteiger partial charge in [0, 0.05) is 30.5 Å². The van der Waals surface area contributed by atoms with Gasteiger partial charge in [-0.15, -0.1) is 0 Å². The molecule has 4 aromatic rings. The number of carbonyl (C=O) groups is 5. The summed E-state index contributed by atoms with van der Waals surface area (Å²) in [5.41, 5.74) is 3.33. The molecule has 3 aromatic carbocycles. The van der Waals surface area contributed by atoms with E-state index in [9.17, 15) is 24.0 Å². The Morgan fingerprint density at radius 1 is 0.788 bits per heavy atom. The number of aromatic nitrogens is 1. The van der Waals surface area contributed by atoms with Crippen LogP contribution in [0.15, 0.2) is 85.1 Å². The predicted octanol–water partition coefficient (Wildman–Crippen LogP) is 5.38. The van der Waals surface area contributed by atoms with E-state index in [1.165, 1.54) is 7.11 Å². The van der Waals surface area contributed by atoms with Gasteiger partial charge in [0.25, 0.3) is 0 Å². The van der Waals surface area contributed by atoms with Crippen LogP contribution < -0.4 is 16.0 Å². The fourth-order valence-electron chi connectivity index (χ4n) is 6.97. The van der Waals surface area contributed by atoms with Crippen LogP contribution in [0.25, 0.3) is 21.9 Å². The van der Waals surface area contributed by atoms with Crippen molar-refractivity contribution in [2.45, 2.75) is 64.1 Å². The molecule has 0 bridgehead atoms. The van der Waals surface area contributed by atoms with E-state index in [1.54, 1.807) is 22.1 Å². The molecule has 270 valence electrons. The molecule has 3 N–H and O–H groups in total. The molecule has 2 aliphatic rings. The lowest BCUT2D eigenvalue weighted by molar-refractivity contribution is -0.139. The van der Waals surface area contributed by atoms with Crippen molar-refractivity contribution in [1.29, 1.82) is 0 Å². The zero-order valence-electron chi connectivity index (χ0n) is 29.6. The molecule has 0 spiro atoms. The van der Waals surface area contributed by atoms with Gasteiger partial charge in [-0.2, -0.15) is 0 Å². The van der Waals surface area contributed by atoms with E-state index in [0.717, 1.165) is 33.9 Å². The number of benzene rings is 3. The largest absolute Gasteiger partial charge is 0.453 e. The van der Waals surface area contributed by atoms with Crippen LogP contribution in [0, 0.1) is 5.92 Å². The third kappa shape index (κ3) is 8.22. The molecule has 2 saturated heterocycles. The van der Waals surface area contributed by atoms with Crippen molar-refractivity contribution in [3.8, 4) is 11.1 Å². The number of nitrogens with zero attached hydrogens (tertiary/aromatic N) is 3. The maximum atomic E-state index is 13.4. The van der Waals surface area contributed by atoms with E-state index in [4.69, 9.17) is 4.74 Å². The molecule has 0 saturated carbocycles. The monoisotopic (exact) mass is 704 g/mol. The average Bonchev–Trinajstić information content (AvgIpc) is 3.85. The number of rotatable bonds is 10. The van der Waals surface area contributed by atoms with Gasteiger partial charge in [-0.05, 0) is 83.8 Å². The summed E-state index contributed by atoms with van der Waals surface area (Å²) in [7, 11) is 1.25. The number of ether oxygens (including phenoxy) is 1.